The van der Waals surface area contributed by atoms with E-state index >= 15 is 0 Å². The molecule has 0 atom stereocenters. The average molecular weight is 220 g/mol. The molecule has 1 aromatic carbocycles. The van der Waals surface area contributed by atoms with Gasteiger partial charge in [0.15, 0.2) is 0 Å². The smallest absolute Gasteiger partial charge is 0.293 e. The van der Waals surface area contributed by atoms with Crippen molar-refractivity contribution in [2.24, 2.45) is 0 Å². The molecule has 0 aliphatic carbocycles. The first-order chi connectivity index (χ1) is 7.42. The lowest BCUT2D eigenvalue weighted by Crippen LogP contribution is -1.93. The lowest BCUT2D eigenvalue weighted by atomic mass is 10.1. The van der Waals surface area contributed by atoms with Gasteiger partial charge in [0, 0.05) is 10.9 Å². The molecule has 0 aliphatic heterocycles. The molecule has 0 spiro atoms. The Morgan fingerprint density at radius 3 is 3.00 bits per heavy atom. The van der Waals surface area contributed by atoms with Crippen LogP contribution in [-0.4, -0.2) is 16.1 Å². The summed E-state index contributed by atoms with van der Waals surface area (Å²) in [7, 11) is 0. The minimum Gasteiger partial charge on any atom is -0.463 e. The van der Waals surface area contributed by atoms with Crippen LogP contribution in [0.4, 0.5) is 0 Å². The van der Waals surface area contributed by atoms with Gasteiger partial charge in [-0.1, -0.05) is 28.8 Å². The van der Waals surface area contributed by atoms with Crippen molar-refractivity contribution in [3.05, 3.63) is 35.2 Å². The summed E-state index contributed by atoms with van der Waals surface area (Å²) >= 11 is 1.30. The predicted octanol–water partition coefficient (Wildman–Crippen LogP) is 1.88. The molecule has 0 bridgehead atoms. The fourth-order valence-corrected chi connectivity index (χ4v) is 1.76. The highest BCUT2D eigenvalue weighted by Crippen LogP contribution is 2.22. The van der Waals surface area contributed by atoms with Gasteiger partial charge in [-0.3, -0.25) is 4.79 Å². The Balaban J connectivity index is 2.34. The normalized spacial score (nSPS) is 9.87. The maximum absolute atomic E-state index is 10.1. The SMILES string of the molecule is O=COCc1ccccc1-c1csnn1. The fraction of sp³-hybridized carbons (Fsp3) is 0.100. The highest BCUT2D eigenvalue weighted by atomic mass is 32.1. The number of rotatable bonds is 4. The number of nitrogens with zero attached hydrogens (tertiary/aromatic N) is 2. The van der Waals surface area contributed by atoms with Gasteiger partial charge in [-0.25, -0.2) is 0 Å². The molecule has 76 valence electrons. The van der Waals surface area contributed by atoms with Crippen LogP contribution in [0.5, 0.6) is 0 Å². The van der Waals surface area contributed by atoms with Gasteiger partial charge in [0.05, 0.1) is 0 Å². The zero-order chi connectivity index (χ0) is 10.5. The number of hydrogen-bond donors (Lipinski definition) is 0. The third kappa shape index (κ3) is 2.19. The molecule has 0 radical (unpaired) electrons. The topological polar surface area (TPSA) is 52.1 Å². The van der Waals surface area contributed by atoms with Crippen molar-refractivity contribution in [3.8, 4) is 11.3 Å². The van der Waals surface area contributed by atoms with E-state index in [0.717, 1.165) is 16.8 Å². The summed E-state index contributed by atoms with van der Waals surface area (Å²) in [5.74, 6) is 0. The van der Waals surface area contributed by atoms with E-state index in [1.165, 1.54) is 11.5 Å². The van der Waals surface area contributed by atoms with Crippen LogP contribution >= 0.6 is 11.5 Å². The monoisotopic (exact) mass is 220 g/mol. The first kappa shape index (κ1) is 9.79. The van der Waals surface area contributed by atoms with Crippen LogP contribution in [0.15, 0.2) is 29.6 Å². The van der Waals surface area contributed by atoms with Crippen LogP contribution in [0.1, 0.15) is 5.56 Å². The minimum atomic E-state index is 0.261. The zero-order valence-electron chi connectivity index (χ0n) is 7.79. The van der Waals surface area contributed by atoms with Crippen LogP contribution in [-0.2, 0) is 16.1 Å². The molecule has 2 rings (SSSR count). The Bertz CT molecular complexity index is 442. The second-order valence-corrected chi connectivity index (χ2v) is 3.46. The van der Waals surface area contributed by atoms with E-state index in [0.29, 0.717) is 6.47 Å². The first-order valence-electron chi connectivity index (χ1n) is 4.32. The standard InChI is InChI=1S/C10H8N2O2S/c13-7-14-5-8-3-1-2-4-9(8)10-6-15-12-11-10/h1-4,6-7H,5H2. The van der Waals surface area contributed by atoms with Crippen molar-refractivity contribution >= 4 is 18.0 Å². The Hall–Kier alpha value is -1.75. The molecule has 1 heterocycles. The predicted molar refractivity (Wildman–Crippen MR) is 56.2 cm³/mol. The van der Waals surface area contributed by atoms with Gasteiger partial charge in [0.25, 0.3) is 6.47 Å². The summed E-state index contributed by atoms with van der Waals surface area (Å²) in [5.41, 5.74) is 2.69. The summed E-state index contributed by atoms with van der Waals surface area (Å²) in [4.78, 5) is 10.1. The van der Waals surface area contributed by atoms with Gasteiger partial charge in [0.2, 0.25) is 0 Å². The van der Waals surface area contributed by atoms with Gasteiger partial charge >= 0.3 is 0 Å². The second-order valence-electron chi connectivity index (χ2n) is 2.85. The summed E-state index contributed by atoms with van der Waals surface area (Å²) in [6.45, 7) is 0.702. The van der Waals surface area contributed by atoms with Gasteiger partial charge < -0.3 is 4.74 Å². The highest BCUT2D eigenvalue weighted by molar-refractivity contribution is 7.03. The minimum absolute atomic E-state index is 0.261. The number of hydrogen-bond acceptors (Lipinski definition) is 5. The molecule has 0 fully saturated rings. The molecule has 1 aromatic heterocycles. The van der Waals surface area contributed by atoms with E-state index in [1.54, 1.807) is 0 Å². The van der Waals surface area contributed by atoms with Crippen molar-refractivity contribution < 1.29 is 9.53 Å². The van der Waals surface area contributed by atoms with Gasteiger partial charge in [-0.05, 0) is 17.1 Å². The van der Waals surface area contributed by atoms with E-state index in [-0.39, 0.29) is 6.61 Å². The maximum Gasteiger partial charge on any atom is 0.293 e. The molecule has 0 saturated carbocycles. The molecule has 2 aromatic rings. The zero-order valence-corrected chi connectivity index (χ0v) is 8.61. The Morgan fingerprint density at radius 2 is 2.27 bits per heavy atom. The molecule has 0 amide bonds. The van der Waals surface area contributed by atoms with Crippen LogP contribution in [0.25, 0.3) is 11.3 Å². The van der Waals surface area contributed by atoms with Crippen LogP contribution in [0, 0.1) is 0 Å². The Morgan fingerprint density at radius 1 is 1.40 bits per heavy atom. The van der Waals surface area contributed by atoms with Crippen molar-refractivity contribution in [2.45, 2.75) is 6.61 Å². The summed E-state index contributed by atoms with van der Waals surface area (Å²) in [5, 5.41) is 5.84. The molecule has 0 aliphatic rings. The number of benzene rings is 1. The Labute approximate surface area is 90.7 Å². The molecular formula is C10H8N2O2S. The van der Waals surface area contributed by atoms with Crippen molar-refractivity contribution in [2.75, 3.05) is 0 Å². The van der Waals surface area contributed by atoms with E-state index in [4.69, 9.17) is 4.74 Å². The number of ether oxygens (including phenoxy) is 1. The summed E-state index contributed by atoms with van der Waals surface area (Å²) < 4.78 is 8.53. The van der Waals surface area contributed by atoms with E-state index < -0.39 is 0 Å². The summed E-state index contributed by atoms with van der Waals surface area (Å²) in [6.07, 6.45) is 0. The lowest BCUT2D eigenvalue weighted by Gasteiger charge is -2.04. The second kappa shape index (κ2) is 4.65. The first-order valence-corrected chi connectivity index (χ1v) is 5.16. The highest BCUT2D eigenvalue weighted by Gasteiger charge is 2.06. The third-order valence-corrected chi connectivity index (χ3v) is 2.46. The van der Waals surface area contributed by atoms with E-state index in [1.807, 2.05) is 29.6 Å². The number of aromatic nitrogens is 2. The molecule has 15 heavy (non-hydrogen) atoms. The lowest BCUT2D eigenvalue weighted by molar-refractivity contribution is -0.129. The molecule has 0 saturated heterocycles. The van der Waals surface area contributed by atoms with Gasteiger partial charge in [-0.15, -0.1) is 5.10 Å². The number of carbonyl (C=O) groups excluding carboxylic acids is 1. The number of carbonyl (C=O) groups is 1. The van der Waals surface area contributed by atoms with Crippen molar-refractivity contribution in [3.63, 3.8) is 0 Å². The molecule has 0 unspecified atom stereocenters. The van der Waals surface area contributed by atoms with Crippen LogP contribution < -0.4 is 0 Å². The third-order valence-electron chi connectivity index (χ3n) is 1.96. The van der Waals surface area contributed by atoms with Crippen molar-refractivity contribution in [1.29, 1.82) is 0 Å². The molecule has 5 heteroatoms. The van der Waals surface area contributed by atoms with Crippen LogP contribution in [0.3, 0.4) is 0 Å². The molecule has 0 N–H and O–H groups in total. The van der Waals surface area contributed by atoms with E-state index in [9.17, 15) is 4.79 Å². The quantitative estimate of drug-likeness (QED) is 0.738. The van der Waals surface area contributed by atoms with Crippen LogP contribution in [0.2, 0.25) is 0 Å². The fourth-order valence-electron chi connectivity index (χ4n) is 1.30. The maximum atomic E-state index is 10.1. The molecular weight excluding hydrogens is 212 g/mol. The Kier molecular flexibility index (Phi) is 3.04. The van der Waals surface area contributed by atoms with E-state index in [2.05, 4.69) is 9.59 Å². The largest absolute Gasteiger partial charge is 0.463 e. The van der Waals surface area contributed by atoms with Gasteiger partial charge in [-0.2, -0.15) is 0 Å². The average Bonchev–Trinajstić information content (AvgIpc) is 2.80. The molecule has 4 nitrogen and oxygen atoms in total. The van der Waals surface area contributed by atoms with Crippen molar-refractivity contribution in [1.82, 2.24) is 9.59 Å². The summed E-state index contributed by atoms with van der Waals surface area (Å²) in [6, 6.07) is 7.64. The van der Waals surface area contributed by atoms with Gasteiger partial charge in [0.1, 0.15) is 12.3 Å².